The van der Waals surface area contributed by atoms with E-state index in [9.17, 15) is 0 Å². The molecule has 1 aliphatic heterocycles. The van der Waals surface area contributed by atoms with Crippen LogP contribution in [0.2, 0.25) is 5.02 Å². The lowest BCUT2D eigenvalue weighted by molar-refractivity contribution is -0.0200. The normalized spacial score (nSPS) is 15.9. The van der Waals surface area contributed by atoms with E-state index in [0.717, 1.165) is 27.5 Å². The maximum atomic E-state index is 15.3. The van der Waals surface area contributed by atoms with Gasteiger partial charge >= 0.3 is 0 Å². The number of benzene rings is 1. The standard InChI is InChI=1S/C22H23ClFN7O/c23-17-3-1-2-14-15(10-19(24)31-6-8-32-9-7-31)18(26-11-16(14)17)4-5-25-21-20-22(28-12-27-20)30-13-29-21/h1-3,11-13,19H,4-10H2,(H2,25,27,28,29,30). The molecule has 1 aliphatic rings. The number of hydrogen-bond donors (Lipinski definition) is 2. The summed E-state index contributed by atoms with van der Waals surface area (Å²) in [7, 11) is 0. The molecule has 2 N–H and O–H groups in total. The third kappa shape index (κ3) is 4.23. The molecule has 0 aliphatic carbocycles. The quantitative estimate of drug-likeness (QED) is 0.413. The molecule has 3 aromatic heterocycles. The Bertz CT molecular complexity index is 1230. The molecule has 0 spiro atoms. The minimum atomic E-state index is -1.11. The molecular formula is C22H23ClFN7O. The number of nitrogens with zero attached hydrogens (tertiary/aromatic N) is 5. The number of rotatable bonds is 7. The Morgan fingerprint density at radius 3 is 2.91 bits per heavy atom. The molecule has 0 radical (unpaired) electrons. The largest absolute Gasteiger partial charge is 0.379 e. The van der Waals surface area contributed by atoms with E-state index in [1.165, 1.54) is 6.33 Å². The summed E-state index contributed by atoms with van der Waals surface area (Å²) >= 11 is 6.40. The van der Waals surface area contributed by atoms with Crippen LogP contribution in [-0.2, 0) is 17.6 Å². The zero-order chi connectivity index (χ0) is 21.9. The van der Waals surface area contributed by atoms with Gasteiger partial charge in [0.2, 0.25) is 0 Å². The van der Waals surface area contributed by atoms with Crippen molar-refractivity contribution in [1.29, 1.82) is 0 Å². The minimum absolute atomic E-state index is 0.248. The van der Waals surface area contributed by atoms with Crippen molar-refractivity contribution in [2.45, 2.75) is 19.1 Å². The third-order valence-electron chi connectivity index (χ3n) is 5.77. The van der Waals surface area contributed by atoms with Crippen molar-refractivity contribution in [2.75, 3.05) is 38.2 Å². The molecule has 32 heavy (non-hydrogen) atoms. The first-order valence-electron chi connectivity index (χ1n) is 10.6. The summed E-state index contributed by atoms with van der Waals surface area (Å²) in [5.41, 5.74) is 3.09. The van der Waals surface area contributed by atoms with Gasteiger partial charge in [0.15, 0.2) is 17.8 Å². The summed E-state index contributed by atoms with van der Waals surface area (Å²) in [5.74, 6) is 0.676. The number of aromatic amines is 1. The van der Waals surface area contributed by atoms with E-state index >= 15 is 4.39 Å². The average molecular weight is 456 g/mol. The number of halogens is 2. The molecule has 1 fully saturated rings. The fourth-order valence-corrected chi connectivity index (χ4v) is 4.33. The van der Waals surface area contributed by atoms with Crippen LogP contribution < -0.4 is 5.32 Å². The SMILES string of the molecule is FC(Cc1c(CCNc2ncnc3nc[nH]c23)ncc2c(Cl)cccc12)N1CCOCC1. The van der Waals surface area contributed by atoms with E-state index in [4.69, 9.17) is 16.3 Å². The van der Waals surface area contributed by atoms with Gasteiger partial charge in [0.05, 0.1) is 19.5 Å². The molecular weight excluding hydrogens is 433 g/mol. The van der Waals surface area contributed by atoms with E-state index in [-0.39, 0.29) is 6.42 Å². The molecule has 1 saturated heterocycles. The van der Waals surface area contributed by atoms with E-state index in [1.807, 2.05) is 23.1 Å². The van der Waals surface area contributed by atoms with Crippen LogP contribution in [0, 0.1) is 0 Å². The minimum Gasteiger partial charge on any atom is -0.379 e. The molecule has 8 nitrogen and oxygen atoms in total. The number of aromatic nitrogens is 5. The number of fused-ring (bicyclic) bond motifs is 2. The summed E-state index contributed by atoms with van der Waals surface area (Å²) in [5, 5.41) is 5.71. The third-order valence-corrected chi connectivity index (χ3v) is 6.10. The Hall–Kier alpha value is -2.88. The van der Waals surface area contributed by atoms with Gasteiger partial charge < -0.3 is 15.0 Å². The first-order valence-corrected chi connectivity index (χ1v) is 11.0. The van der Waals surface area contributed by atoms with Gasteiger partial charge in [-0.25, -0.2) is 19.3 Å². The molecule has 5 rings (SSSR count). The fourth-order valence-electron chi connectivity index (χ4n) is 4.10. The number of alkyl halides is 1. The van der Waals surface area contributed by atoms with Crippen molar-refractivity contribution in [3.63, 3.8) is 0 Å². The Labute approximate surface area is 189 Å². The molecule has 166 valence electrons. The van der Waals surface area contributed by atoms with Crippen molar-refractivity contribution in [3.8, 4) is 0 Å². The zero-order valence-electron chi connectivity index (χ0n) is 17.4. The predicted molar refractivity (Wildman–Crippen MR) is 122 cm³/mol. The Morgan fingerprint density at radius 2 is 2.03 bits per heavy atom. The molecule has 1 aromatic carbocycles. The number of ether oxygens (including phenoxy) is 1. The van der Waals surface area contributed by atoms with E-state index < -0.39 is 6.30 Å². The highest BCUT2D eigenvalue weighted by Crippen LogP contribution is 2.29. The fraction of sp³-hybridized carbons (Fsp3) is 0.364. The second-order valence-electron chi connectivity index (χ2n) is 7.67. The molecule has 0 saturated carbocycles. The van der Waals surface area contributed by atoms with E-state index in [2.05, 4.69) is 30.2 Å². The van der Waals surface area contributed by atoms with Crippen LogP contribution in [0.5, 0.6) is 0 Å². The second kappa shape index (κ2) is 9.32. The molecule has 1 atom stereocenters. The van der Waals surface area contributed by atoms with Crippen molar-refractivity contribution in [2.24, 2.45) is 0 Å². The molecule has 0 amide bonds. The van der Waals surface area contributed by atoms with Gasteiger partial charge in [-0.3, -0.25) is 9.88 Å². The van der Waals surface area contributed by atoms with Gasteiger partial charge in [-0.2, -0.15) is 0 Å². The van der Waals surface area contributed by atoms with E-state index in [0.29, 0.717) is 55.8 Å². The summed E-state index contributed by atoms with van der Waals surface area (Å²) < 4.78 is 20.6. The highest BCUT2D eigenvalue weighted by atomic mass is 35.5. The number of nitrogens with one attached hydrogen (secondary N) is 2. The topological polar surface area (TPSA) is 91.9 Å². The summed E-state index contributed by atoms with van der Waals surface area (Å²) in [4.78, 5) is 22.1. The molecule has 0 bridgehead atoms. The zero-order valence-corrected chi connectivity index (χ0v) is 18.1. The maximum absolute atomic E-state index is 15.3. The van der Waals surface area contributed by atoms with Gasteiger partial charge in [-0.15, -0.1) is 0 Å². The maximum Gasteiger partial charge on any atom is 0.182 e. The van der Waals surface area contributed by atoms with Gasteiger partial charge in [0.1, 0.15) is 11.8 Å². The summed E-state index contributed by atoms with van der Waals surface area (Å²) in [6, 6.07) is 5.71. The van der Waals surface area contributed by atoms with Crippen molar-refractivity contribution >= 4 is 39.4 Å². The molecule has 4 heterocycles. The first kappa shape index (κ1) is 21.0. The Kier molecular flexibility index (Phi) is 6.11. The molecule has 4 aromatic rings. The number of anilines is 1. The number of morpholine rings is 1. The number of pyridine rings is 1. The highest BCUT2D eigenvalue weighted by Gasteiger charge is 2.23. The predicted octanol–water partition coefficient (Wildman–Crippen LogP) is 3.38. The van der Waals surface area contributed by atoms with Crippen molar-refractivity contribution in [1.82, 2.24) is 29.8 Å². The lowest BCUT2D eigenvalue weighted by Gasteiger charge is -2.30. The van der Waals surface area contributed by atoms with Crippen LogP contribution in [0.1, 0.15) is 11.3 Å². The van der Waals surface area contributed by atoms with Crippen molar-refractivity contribution < 1.29 is 9.13 Å². The van der Waals surface area contributed by atoms with Crippen LogP contribution in [0.4, 0.5) is 10.2 Å². The highest BCUT2D eigenvalue weighted by molar-refractivity contribution is 6.35. The average Bonchev–Trinajstić information content (AvgIpc) is 3.31. The van der Waals surface area contributed by atoms with Gasteiger partial charge in [-0.05, 0) is 17.0 Å². The Morgan fingerprint density at radius 1 is 1.16 bits per heavy atom. The number of imidazole rings is 1. The molecule has 10 heteroatoms. The van der Waals surface area contributed by atoms with Crippen molar-refractivity contribution in [3.05, 3.63) is 53.3 Å². The smallest absolute Gasteiger partial charge is 0.182 e. The van der Waals surface area contributed by atoms with Crippen LogP contribution in [-0.4, -0.2) is 69.0 Å². The van der Waals surface area contributed by atoms with E-state index in [1.54, 1.807) is 12.5 Å². The van der Waals surface area contributed by atoms with Crippen LogP contribution in [0.25, 0.3) is 21.9 Å². The summed E-state index contributed by atoms with van der Waals surface area (Å²) in [6.45, 7) is 2.86. The lowest BCUT2D eigenvalue weighted by Crippen LogP contribution is -2.42. The monoisotopic (exact) mass is 455 g/mol. The lowest BCUT2D eigenvalue weighted by atomic mass is 9.99. The molecule has 1 unspecified atom stereocenters. The first-order chi connectivity index (χ1) is 15.7. The van der Waals surface area contributed by atoms with Crippen LogP contribution >= 0.6 is 11.6 Å². The van der Waals surface area contributed by atoms with Crippen LogP contribution in [0.15, 0.2) is 37.1 Å². The number of hydrogen-bond acceptors (Lipinski definition) is 7. The Balaban J connectivity index is 1.40. The van der Waals surface area contributed by atoms with Crippen LogP contribution in [0.3, 0.4) is 0 Å². The van der Waals surface area contributed by atoms with Gasteiger partial charge in [0, 0.05) is 54.8 Å². The number of H-pyrrole nitrogens is 1. The second-order valence-corrected chi connectivity index (χ2v) is 8.08. The van der Waals surface area contributed by atoms with Gasteiger partial charge in [-0.1, -0.05) is 23.7 Å². The van der Waals surface area contributed by atoms with Gasteiger partial charge in [0.25, 0.3) is 0 Å². The summed E-state index contributed by atoms with van der Waals surface area (Å²) in [6.07, 6.45) is 4.58.